The van der Waals surface area contributed by atoms with Crippen LogP contribution in [0.25, 0.3) is 0 Å². The number of hydrogen-bond acceptors (Lipinski definition) is 6. The van der Waals surface area contributed by atoms with Crippen molar-refractivity contribution in [2.45, 2.75) is 179 Å². The molecule has 0 bridgehead atoms. The van der Waals surface area contributed by atoms with Crippen LogP contribution in [0, 0.1) is 0 Å². The lowest BCUT2D eigenvalue weighted by Gasteiger charge is -2.56. The minimum atomic E-state index is -2.28. The molecule has 10 heteroatoms. The Morgan fingerprint density at radius 1 is 0.780 bits per heavy atom. The van der Waals surface area contributed by atoms with Crippen molar-refractivity contribution in [3.63, 3.8) is 0 Å². The summed E-state index contributed by atoms with van der Waals surface area (Å²) in [5.74, 6) is 0. The fraction of sp³-hybridized carbons (Fsp3) is 0.903. The summed E-state index contributed by atoms with van der Waals surface area (Å²) < 4.78 is 37.6. The molecule has 0 amide bonds. The molecule has 0 aromatic heterocycles. The summed E-state index contributed by atoms with van der Waals surface area (Å²) in [5, 5.41) is 0.0521. The number of carbonyl (C=O) groups excluding carboxylic acids is 1. The van der Waals surface area contributed by atoms with E-state index in [4.69, 9.17) is 22.8 Å². The summed E-state index contributed by atoms with van der Waals surface area (Å²) in [5.41, 5.74) is 0. The van der Waals surface area contributed by atoms with E-state index in [-0.39, 0.29) is 57.8 Å². The third-order valence-corrected chi connectivity index (χ3v) is 24.3. The van der Waals surface area contributed by atoms with Gasteiger partial charge in [-0.25, -0.2) is 0 Å². The standard InChI is InChI=1S/C31H61IO6Si3/c1-29(2,3)39(10,11)36-24(18-20-32)26-28(38-41(14,15)31(7,8)9)27(37-40(12,13)30(4,5)6)25-23(35-26)17-16-22(34-25)19-21-33/h18,20-28H,16-17,19H2,1-15H3/b20-18+/t22?,23?,24?,25-,26?,27-,28+/m0/s1. The molecule has 2 heterocycles. The van der Waals surface area contributed by atoms with Gasteiger partial charge in [-0.05, 0) is 77.4 Å². The molecular formula is C31H61IO6Si3. The Labute approximate surface area is 268 Å². The summed E-state index contributed by atoms with van der Waals surface area (Å²) in [6, 6.07) is 0. The first kappa shape index (κ1) is 37.8. The minimum absolute atomic E-state index is 0.00170. The van der Waals surface area contributed by atoms with Crippen molar-refractivity contribution in [1.29, 1.82) is 0 Å². The topological polar surface area (TPSA) is 63.2 Å². The second-order valence-electron chi connectivity index (χ2n) is 16.7. The third-order valence-electron chi connectivity index (χ3n) is 10.4. The van der Waals surface area contributed by atoms with Crippen LogP contribution in [0.5, 0.6) is 0 Å². The lowest BCUT2D eigenvalue weighted by molar-refractivity contribution is -0.266. The van der Waals surface area contributed by atoms with Gasteiger partial charge in [0.1, 0.15) is 30.7 Å². The summed E-state index contributed by atoms with van der Waals surface area (Å²) in [6.45, 7) is 34.3. The van der Waals surface area contributed by atoms with E-state index in [0.717, 1.165) is 19.1 Å². The number of rotatable bonds is 10. The predicted octanol–water partition coefficient (Wildman–Crippen LogP) is 9.01. The molecule has 2 aliphatic heterocycles. The van der Waals surface area contributed by atoms with E-state index in [1.54, 1.807) is 0 Å². The third kappa shape index (κ3) is 9.08. The van der Waals surface area contributed by atoms with E-state index in [0.29, 0.717) is 6.42 Å². The lowest BCUT2D eigenvalue weighted by Crippen LogP contribution is -2.69. The molecule has 7 atom stereocenters. The van der Waals surface area contributed by atoms with Crippen molar-refractivity contribution in [2.24, 2.45) is 0 Å². The van der Waals surface area contributed by atoms with Crippen LogP contribution in [0.1, 0.15) is 81.6 Å². The van der Waals surface area contributed by atoms with Crippen LogP contribution in [0.15, 0.2) is 10.2 Å². The predicted molar refractivity (Wildman–Crippen MR) is 187 cm³/mol. The van der Waals surface area contributed by atoms with Gasteiger partial charge in [0.15, 0.2) is 25.0 Å². The van der Waals surface area contributed by atoms with Gasteiger partial charge in [0, 0.05) is 6.42 Å². The minimum Gasteiger partial charge on any atom is -0.408 e. The highest BCUT2D eigenvalue weighted by Gasteiger charge is 2.57. The van der Waals surface area contributed by atoms with Gasteiger partial charge in [-0.1, -0.05) is 84.9 Å². The number of halogens is 1. The molecule has 2 aliphatic rings. The molecule has 0 saturated carbocycles. The smallest absolute Gasteiger partial charge is 0.193 e. The lowest BCUT2D eigenvalue weighted by atomic mass is 9.87. The molecule has 41 heavy (non-hydrogen) atoms. The highest BCUT2D eigenvalue weighted by molar-refractivity contribution is 14.1. The van der Waals surface area contributed by atoms with E-state index in [9.17, 15) is 4.79 Å². The molecule has 4 unspecified atom stereocenters. The fourth-order valence-corrected chi connectivity index (χ4v) is 8.89. The Morgan fingerprint density at radius 3 is 1.71 bits per heavy atom. The monoisotopic (exact) mass is 740 g/mol. The Morgan fingerprint density at radius 2 is 1.27 bits per heavy atom. The van der Waals surface area contributed by atoms with Gasteiger partial charge in [-0.2, -0.15) is 0 Å². The molecule has 6 nitrogen and oxygen atoms in total. The molecule has 2 saturated heterocycles. The van der Waals surface area contributed by atoms with Crippen molar-refractivity contribution >= 4 is 53.8 Å². The average molecular weight is 741 g/mol. The molecule has 0 aromatic carbocycles. The zero-order valence-electron chi connectivity index (χ0n) is 28.7. The SMILES string of the molecule is CC(C)(C)[Si](C)(C)OC(/C=C/I)C1OC2CCC(CC=O)O[C@@H]2[C@H](O[Si](C)(C)C(C)(C)C)[C@@H]1O[Si](C)(C)C(C)(C)C. The van der Waals surface area contributed by atoms with Gasteiger partial charge in [-0.3, -0.25) is 0 Å². The quantitative estimate of drug-likeness (QED) is 0.127. The average Bonchev–Trinajstić information content (AvgIpc) is 2.78. The first-order valence-electron chi connectivity index (χ1n) is 15.4. The number of carbonyl (C=O) groups is 1. The van der Waals surface area contributed by atoms with Crippen LogP contribution >= 0.6 is 22.6 Å². The molecule has 2 rings (SSSR count). The highest BCUT2D eigenvalue weighted by atomic mass is 127. The maximum Gasteiger partial charge on any atom is 0.193 e. The number of fused-ring (bicyclic) bond motifs is 1. The van der Waals surface area contributed by atoms with Gasteiger partial charge >= 0.3 is 0 Å². The van der Waals surface area contributed by atoms with Crippen LogP contribution in [-0.4, -0.2) is 74.0 Å². The molecule has 240 valence electrons. The number of hydrogen-bond donors (Lipinski definition) is 0. The van der Waals surface area contributed by atoms with Crippen molar-refractivity contribution in [3.8, 4) is 0 Å². The van der Waals surface area contributed by atoms with E-state index in [1.807, 2.05) is 0 Å². The van der Waals surface area contributed by atoms with E-state index in [1.165, 1.54) is 0 Å². The molecule has 0 aromatic rings. The van der Waals surface area contributed by atoms with Crippen molar-refractivity contribution < 1.29 is 27.5 Å². The van der Waals surface area contributed by atoms with Gasteiger partial charge in [0.2, 0.25) is 0 Å². The van der Waals surface area contributed by atoms with Crippen LogP contribution < -0.4 is 0 Å². The molecular weight excluding hydrogens is 679 g/mol. The van der Waals surface area contributed by atoms with Gasteiger partial charge in [0.05, 0.1) is 18.3 Å². The van der Waals surface area contributed by atoms with Crippen molar-refractivity contribution in [1.82, 2.24) is 0 Å². The summed E-state index contributed by atoms with van der Waals surface area (Å²) in [6.07, 6.45) is 3.25. The fourth-order valence-electron chi connectivity index (χ4n) is 4.63. The Balaban J connectivity index is 2.73. The number of aldehydes is 1. The van der Waals surface area contributed by atoms with Gasteiger partial charge in [0.25, 0.3) is 0 Å². The first-order valence-corrected chi connectivity index (χ1v) is 25.4. The highest BCUT2D eigenvalue weighted by Crippen LogP contribution is 2.47. The second-order valence-corrected chi connectivity index (χ2v) is 31.7. The van der Waals surface area contributed by atoms with Crippen LogP contribution in [0.4, 0.5) is 0 Å². The van der Waals surface area contributed by atoms with E-state index < -0.39 is 25.0 Å². The maximum absolute atomic E-state index is 11.5. The van der Waals surface area contributed by atoms with Crippen LogP contribution in [0.2, 0.25) is 54.4 Å². The van der Waals surface area contributed by atoms with Crippen LogP contribution in [0.3, 0.4) is 0 Å². The molecule has 0 aliphatic carbocycles. The normalized spacial score (nSPS) is 29.9. The van der Waals surface area contributed by atoms with E-state index >= 15 is 0 Å². The Hall–Kier alpha value is 0.591. The molecule has 0 N–H and O–H groups in total. The number of ether oxygens (including phenoxy) is 2. The zero-order chi connectivity index (χ0) is 31.8. The van der Waals surface area contributed by atoms with Gasteiger partial charge < -0.3 is 27.5 Å². The molecule has 0 radical (unpaired) electrons. The largest absolute Gasteiger partial charge is 0.408 e. The first-order chi connectivity index (χ1) is 18.4. The van der Waals surface area contributed by atoms with Crippen molar-refractivity contribution in [2.75, 3.05) is 0 Å². The Bertz CT molecular complexity index is 903. The molecule has 0 spiro atoms. The van der Waals surface area contributed by atoms with Gasteiger partial charge in [-0.15, -0.1) is 0 Å². The second kappa shape index (κ2) is 13.5. The molecule has 2 fully saturated rings. The van der Waals surface area contributed by atoms with Crippen LogP contribution in [-0.2, 0) is 27.5 Å². The summed E-state index contributed by atoms with van der Waals surface area (Å²) >= 11 is 2.29. The van der Waals surface area contributed by atoms with Crippen molar-refractivity contribution in [3.05, 3.63) is 10.2 Å². The maximum atomic E-state index is 11.5. The Kier molecular flexibility index (Phi) is 12.5. The summed E-state index contributed by atoms with van der Waals surface area (Å²) in [4.78, 5) is 11.5. The van der Waals surface area contributed by atoms with E-state index in [2.05, 4.69) is 134 Å². The zero-order valence-corrected chi connectivity index (χ0v) is 33.9. The summed E-state index contributed by atoms with van der Waals surface area (Å²) in [7, 11) is -6.69.